The molecule has 1 fully saturated rings. The Morgan fingerprint density at radius 2 is 2.29 bits per heavy atom. The summed E-state index contributed by atoms with van der Waals surface area (Å²) in [6, 6.07) is 0. The van der Waals surface area contributed by atoms with Gasteiger partial charge in [0.1, 0.15) is 0 Å². The molecule has 4 nitrogen and oxygen atoms in total. The highest BCUT2D eigenvalue weighted by Crippen LogP contribution is 2.47. The molecule has 1 aliphatic carbocycles. The van der Waals surface area contributed by atoms with Crippen LogP contribution in [0.2, 0.25) is 0 Å². The van der Waals surface area contributed by atoms with Crippen molar-refractivity contribution in [3.05, 3.63) is 11.1 Å². The highest BCUT2D eigenvalue weighted by molar-refractivity contribution is 7.80. The maximum absolute atomic E-state index is 12.0. The van der Waals surface area contributed by atoms with Crippen molar-refractivity contribution >= 4 is 39.6 Å². The summed E-state index contributed by atoms with van der Waals surface area (Å²) in [5.74, 6) is 0.247. The molecule has 1 aromatic rings. The Hall–Kier alpha value is -1.01. The number of nitrogens with zero attached hydrogens (tertiary/aromatic N) is 1. The molecule has 0 saturated heterocycles. The fourth-order valence-electron chi connectivity index (χ4n) is 1.54. The number of carbonyl (C=O) groups is 1. The predicted molar refractivity (Wildman–Crippen MR) is 73.3 cm³/mol. The molecule has 0 aliphatic heterocycles. The van der Waals surface area contributed by atoms with Gasteiger partial charge >= 0.3 is 0 Å². The average molecular weight is 269 g/mol. The molecular weight excluding hydrogens is 254 g/mol. The number of rotatable bonds is 4. The van der Waals surface area contributed by atoms with E-state index >= 15 is 0 Å². The Morgan fingerprint density at radius 1 is 1.65 bits per heavy atom. The third-order valence-corrected chi connectivity index (χ3v) is 4.16. The molecule has 1 heterocycles. The highest BCUT2D eigenvalue weighted by Gasteiger charge is 2.52. The van der Waals surface area contributed by atoms with Crippen molar-refractivity contribution in [2.75, 3.05) is 5.32 Å². The average Bonchev–Trinajstić information content (AvgIpc) is 2.94. The summed E-state index contributed by atoms with van der Waals surface area (Å²) in [5, 5.41) is 5.39. The van der Waals surface area contributed by atoms with Crippen LogP contribution < -0.4 is 11.1 Å². The van der Waals surface area contributed by atoms with Crippen LogP contribution >= 0.6 is 23.6 Å². The summed E-state index contributed by atoms with van der Waals surface area (Å²) >= 11 is 6.37. The van der Waals surface area contributed by atoms with Crippen LogP contribution in [0.15, 0.2) is 5.38 Å². The molecule has 0 bridgehead atoms. The van der Waals surface area contributed by atoms with Crippen LogP contribution in [0.3, 0.4) is 0 Å². The molecule has 1 aliphatic rings. The summed E-state index contributed by atoms with van der Waals surface area (Å²) in [6.07, 6.45) is 1.49. The summed E-state index contributed by atoms with van der Waals surface area (Å²) in [6.45, 7) is 4.14. The zero-order valence-electron chi connectivity index (χ0n) is 9.82. The zero-order valence-corrected chi connectivity index (χ0v) is 11.5. The van der Waals surface area contributed by atoms with E-state index < -0.39 is 5.41 Å². The molecule has 0 aromatic carbocycles. The lowest BCUT2D eigenvalue weighted by Gasteiger charge is -2.11. The van der Waals surface area contributed by atoms with Crippen LogP contribution in [0.5, 0.6) is 0 Å². The molecule has 2 rings (SSSR count). The van der Waals surface area contributed by atoms with Crippen LogP contribution in [0.1, 0.15) is 38.3 Å². The van der Waals surface area contributed by atoms with E-state index in [0.717, 1.165) is 18.5 Å². The Bertz CT molecular complexity index is 463. The first-order valence-corrected chi connectivity index (χ1v) is 6.81. The van der Waals surface area contributed by atoms with Gasteiger partial charge in [-0.1, -0.05) is 26.1 Å². The summed E-state index contributed by atoms with van der Waals surface area (Å²) in [7, 11) is 0. The van der Waals surface area contributed by atoms with E-state index in [1.807, 2.05) is 5.38 Å². The SMILES string of the molecule is CC(C)c1csc(NC(=O)C2(C(N)=S)CC2)n1. The van der Waals surface area contributed by atoms with Crippen molar-refractivity contribution in [3.8, 4) is 0 Å². The number of anilines is 1. The first kappa shape index (κ1) is 12.4. The van der Waals surface area contributed by atoms with E-state index in [4.69, 9.17) is 18.0 Å². The fourth-order valence-corrected chi connectivity index (χ4v) is 2.70. The second-order valence-electron chi connectivity index (χ2n) is 4.63. The Balaban J connectivity index is 2.06. The third-order valence-electron chi connectivity index (χ3n) is 2.99. The molecule has 17 heavy (non-hydrogen) atoms. The maximum Gasteiger partial charge on any atom is 0.239 e. The molecule has 0 unspecified atom stereocenters. The summed E-state index contributed by atoms with van der Waals surface area (Å²) < 4.78 is 0. The third kappa shape index (κ3) is 2.32. The van der Waals surface area contributed by atoms with Crippen molar-refractivity contribution in [2.45, 2.75) is 32.6 Å². The number of carbonyl (C=O) groups excluding carboxylic acids is 1. The van der Waals surface area contributed by atoms with Crippen molar-refractivity contribution in [3.63, 3.8) is 0 Å². The Morgan fingerprint density at radius 3 is 2.71 bits per heavy atom. The standard InChI is InChI=1S/C11H15N3OS2/c1-6(2)7-5-17-10(13-7)14-9(15)11(3-4-11)8(12)16/h5-6H,3-4H2,1-2H3,(H2,12,16)(H,13,14,15). The van der Waals surface area contributed by atoms with Crippen LogP contribution in [0.4, 0.5) is 5.13 Å². The van der Waals surface area contributed by atoms with Gasteiger partial charge in [0.05, 0.1) is 16.1 Å². The van der Waals surface area contributed by atoms with Crippen LogP contribution in [-0.2, 0) is 4.79 Å². The lowest BCUT2D eigenvalue weighted by molar-refractivity contribution is -0.118. The molecule has 92 valence electrons. The van der Waals surface area contributed by atoms with Crippen molar-refractivity contribution in [1.29, 1.82) is 0 Å². The van der Waals surface area contributed by atoms with Crippen molar-refractivity contribution in [2.24, 2.45) is 11.1 Å². The molecule has 1 saturated carbocycles. The van der Waals surface area contributed by atoms with Gasteiger partial charge in [0, 0.05) is 5.38 Å². The van der Waals surface area contributed by atoms with Gasteiger partial charge in [-0.15, -0.1) is 11.3 Å². The van der Waals surface area contributed by atoms with E-state index in [0.29, 0.717) is 11.0 Å². The molecule has 1 amide bonds. The summed E-state index contributed by atoms with van der Waals surface area (Å²) in [5.41, 5.74) is 5.97. The number of amides is 1. The van der Waals surface area contributed by atoms with E-state index in [2.05, 4.69) is 24.1 Å². The highest BCUT2D eigenvalue weighted by atomic mass is 32.1. The summed E-state index contributed by atoms with van der Waals surface area (Å²) in [4.78, 5) is 16.6. The largest absolute Gasteiger partial charge is 0.392 e. The predicted octanol–water partition coefficient (Wildman–Crippen LogP) is 2.27. The molecule has 1 aromatic heterocycles. The smallest absolute Gasteiger partial charge is 0.239 e. The molecule has 0 radical (unpaired) electrons. The van der Waals surface area contributed by atoms with Crippen LogP contribution in [-0.4, -0.2) is 15.9 Å². The molecule has 0 spiro atoms. The molecule has 0 atom stereocenters. The number of nitrogens with two attached hydrogens (primary N) is 1. The number of nitrogens with one attached hydrogen (secondary N) is 1. The van der Waals surface area contributed by atoms with Gasteiger partial charge in [0.25, 0.3) is 0 Å². The first-order chi connectivity index (χ1) is 7.95. The maximum atomic E-state index is 12.0. The van der Waals surface area contributed by atoms with Gasteiger partial charge in [-0.05, 0) is 18.8 Å². The second kappa shape index (κ2) is 4.34. The Labute approximate surface area is 110 Å². The van der Waals surface area contributed by atoms with Gasteiger partial charge in [0.15, 0.2) is 5.13 Å². The quantitative estimate of drug-likeness (QED) is 0.823. The lowest BCUT2D eigenvalue weighted by atomic mass is 10.1. The molecule has 3 N–H and O–H groups in total. The van der Waals surface area contributed by atoms with E-state index in [1.54, 1.807) is 0 Å². The minimum atomic E-state index is -0.612. The van der Waals surface area contributed by atoms with Crippen LogP contribution in [0, 0.1) is 5.41 Å². The number of aromatic nitrogens is 1. The monoisotopic (exact) mass is 269 g/mol. The first-order valence-electron chi connectivity index (χ1n) is 5.52. The van der Waals surface area contributed by atoms with Crippen molar-refractivity contribution < 1.29 is 4.79 Å². The number of hydrogen-bond acceptors (Lipinski definition) is 4. The fraction of sp³-hybridized carbons (Fsp3) is 0.545. The van der Waals surface area contributed by atoms with Gasteiger partial charge in [0.2, 0.25) is 5.91 Å². The van der Waals surface area contributed by atoms with E-state index in [1.165, 1.54) is 11.3 Å². The molecule has 6 heteroatoms. The number of thiazole rings is 1. The zero-order chi connectivity index (χ0) is 12.6. The molecular formula is C11H15N3OS2. The minimum absolute atomic E-state index is 0.116. The number of hydrogen-bond donors (Lipinski definition) is 2. The van der Waals surface area contributed by atoms with E-state index in [-0.39, 0.29) is 10.9 Å². The van der Waals surface area contributed by atoms with E-state index in [9.17, 15) is 4.79 Å². The lowest BCUT2D eigenvalue weighted by Crippen LogP contribution is -2.34. The van der Waals surface area contributed by atoms with Crippen molar-refractivity contribution in [1.82, 2.24) is 4.98 Å². The Kier molecular flexibility index (Phi) is 3.18. The van der Waals surface area contributed by atoms with Gasteiger partial charge < -0.3 is 11.1 Å². The van der Waals surface area contributed by atoms with Gasteiger partial charge in [-0.25, -0.2) is 4.98 Å². The number of thiocarbonyl (C=S) groups is 1. The normalized spacial score (nSPS) is 16.9. The van der Waals surface area contributed by atoms with Crippen LogP contribution in [0.25, 0.3) is 0 Å². The second-order valence-corrected chi connectivity index (χ2v) is 5.93. The van der Waals surface area contributed by atoms with Gasteiger partial charge in [-0.2, -0.15) is 0 Å². The van der Waals surface area contributed by atoms with Gasteiger partial charge in [-0.3, -0.25) is 4.79 Å². The topological polar surface area (TPSA) is 68.0 Å². The minimum Gasteiger partial charge on any atom is -0.392 e.